The number of carbonyl (C=O) groups is 1. The van der Waals surface area contributed by atoms with Crippen molar-refractivity contribution in [2.24, 2.45) is 0 Å². The van der Waals surface area contributed by atoms with Crippen LogP contribution >= 0.6 is 11.6 Å². The molecule has 26 heavy (non-hydrogen) atoms. The second-order valence-electron chi connectivity index (χ2n) is 5.03. The second-order valence-corrected chi connectivity index (χ2v) is 5.44. The van der Waals surface area contributed by atoms with Gasteiger partial charge in [-0.25, -0.2) is 4.98 Å². The molecule has 2 rings (SSSR count). The van der Waals surface area contributed by atoms with Crippen LogP contribution in [-0.2, 0) is 6.18 Å². The van der Waals surface area contributed by atoms with Crippen molar-refractivity contribution in [2.45, 2.75) is 20.0 Å². The van der Waals surface area contributed by atoms with E-state index in [2.05, 4.69) is 10.3 Å². The zero-order chi connectivity index (χ0) is 19.3. The van der Waals surface area contributed by atoms with Crippen LogP contribution in [0.4, 0.5) is 19.0 Å². The molecule has 0 bridgehead atoms. The number of anilines is 1. The van der Waals surface area contributed by atoms with Crippen LogP contribution < -0.4 is 14.8 Å². The van der Waals surface area contributed by atoms with Crippen molar-refractivity contribution in [2.75, 3.05) is 18.5 Å². The van der Waals surface area contributed by atoms with E-state index >= 15 is 0 Å². The summed E-state index contributed by atoms with van der Waals surface area (Å²) in [7, 11) is 0. The molecular weight excluding hydrogens is 373 g/mol. The first-order valence-corrected chi connectivity index (χ1v) is 8.07. The van der Waals surface area contributed by atoms with Crippen molar-refractivity contribution in [1.82, 2.24) is 4.98 Å². The monoisotopic (exact) mass is 388 g/mol. The van der Waals surface area contributed by atoms with Gasteiger partial charge in [0.15, 0.2) is 17.3 Å². The van der Waals surface area contributed by atoms with Gasteiger partial charge in [-0.15, -0.1) is 0 Å². The lowest BCUT2D eigenvalue weighted by Crippen LogP contribution is -2.15. The van der Waals surface area contributed by atoms with E-state index in [1.807, 2.05) is 6.92 Å². The normalized spacial score (nSPS) is 11.2. The fraction of sp³-hybridized carbons (Fsp3) is 0.294. The summed E-state index contributed by atoms with van der Waals surface area (Å²) in [6, 6.07) is 5.25. The van der Waals surface area contributed by atoms with Crippen LogP contribution in [0, 0.1) is 0 Å². The number of carbonyl (C=O) groups excluding carboxylic acids is 1. The summed E-state index contributed by atoms with van der Waals surface area (Å²) < 4.78 is 48.7. The maximum atomic E-state index is 12.6. The Hall–Kier alpha value is -2.48. The van der Waals surface area contributed by atoms with Crippen molar-refractivity contribution in [1.29, 1.82) is 0 Å². The van der Waals surface area contributed by atoms with Gasteiger partial charge in [0.05, 0.1) is 23.8 Å². The molecule has 0 spiro atoms. The van der Waals surface area contributed by atoms with Crippen molar-refractivity contribution < 1.29 is 27.4 Å². The number of nitrogens with one attached hydrogen (secondary N) is 1. The number of aromatic nitrogens is 1. The Balaban J connectivity index is 2.23. The Labute approximate surface area is 153 Å². The molecule has 0 aliphatic carbocycles. The number of ether oxygens (including phenoxy) is 2. The average Bonchev–Trinajstić information content (AvgIpc) is 2.57. The predicted molar refractivity (Wildman–Crippen MR) is 91.0 cm³/mol. The van der Waals surface area contributed by atoms with Crippen LogP contribution in [0.5, 0.6) is 11.5 Å². The van der Waals surface area contributed by atoms with Crippen LogP contribution in [-0.4, -0.2) is 24.1 Å². The Morgan fingerprint density at radius 2 is 1.81 bits per heavy atom. The van der Waals surface area contributed by atoms with Crippen LogP contribution in [0.1, 0.15) is 29.8 Å². The van der Waals surface area contributed by atoms with E-state index in [1.165, 1.54) is 12.1 Å². The van der Waals surface area contributed by atoms with Crippen LogP contribution in [0.15, 0.2) is 30.5 Å². The first-order valence-electron chi connectivity index (χ1n) is 7.70. The fourth-order valence-corrected chi connectivity index (χ4v) is 2.27. The molecule has 0 atom stereocenters. The van der Waals surface area contributed by atoms with Crippen LogP contribution in [0.25, 0.3) is 0 Å². The van der Waals surface area contributed by atoms with Gasteiger partial charge in [-0.3, -0.25) is 4.79 Å². The molecule has 0 unspecified atom stereocenters. The van der Waals surface area contributed by atoms with E-state index in [9.17, 15) is 18.0 Å². The molecule has 1 heterocycles. The van der Waals surface area contributed by atoms with Gasteiger partial charge >= 0.3 is 6.18 Å². The maximum Gasteiger partial charge on any atom is 0.417 e. The van der Waals surface area contributed by atoms with Gasteiger partial charge < -0.3 is 14.8 Å². The SMILES string of the molecule is CCOc1ccc(C(=O)Nc2ncc(C(F)(F)F)cc2Cl)cc1OCC. The third-order valence-corrected chi connectivity index (χ3v) is 3.49. The third-order valence-electron chi connectivity index (χ3n) is 3.21. The minimum Gasteiger partial charge on any atom is -0.490 e. The molecule has 0 fully saturated rings. The molecule has 2 aromatic rings. The number of pyridine rings is 1. The molecule has 9 heteroatoms. The average molecular weight is 389 g/mol. The van der Waals surface area contributed by atoms with E-state index in [1.54, 1.807) is 13.0 Å². The van der Waals surface area contributed by atoms with Gasteiger partial charge in [-0.05, 0) is 38.1 Å². The topological polar surface area (TPSA) is 60.5 Å². The van der Waals surface area contributed by atoms with Gasteiger partial charge in [-0.2, -0.15) is 13.2 Å². The predicted octanol–water partition coefficient (Wildman–Crippen LogP) is 4.80. The number of halogens is 4. The summed E-state index contributed by atoms with van der Waals surface area (Å²) in [6.45, 7) is 4.40. The van der Waals surface area contributed by atoms with E-state index < -0.39 is 17.6 Å². The van der Waals surface area contributed by atoms with Gasteiger partial charge in [0.25, 0.3) is 5.91 Å². The number of rotatable bonds is 6. The summed E-state index contributed by atoms with van der Waals surface area (Å²) in [5.74, 6) is 0.102. The van der Waals surface area contributed by atoms with Crippen molar-refractivity contribution in [3.05, 3.63) is 46.6 Å². The van der Waals surface area contributed by atoms with Gasteiger partial charge in [0, 0.05) is 11.8 Å². The molecule has 1 aromatic heterocycles. The Morgan fingerprint density at radius 3 is 2.38 bits per heavy atom. The lowest BCUT2D eigenvalue weighted by molar-refractivity contribution is -0.137. The molecule has 0 aliphatic heterocycles. The smallest absolute Gasteiger partial charge is 0.417 e. The maximum absolute atomic E-state index is 12.6. The Kier molecular flexibility index (Phi) is 6.31. The highest BCUT2D eigenvalue weighted by Gasteiger charge is 2.31. The molecule has 0 aliphatic rings. The lowest BCUT2D eigenvalue weighted by atomic mass is 10.2. The van der Waals surface area contributed by atoms with E-state index in [0.29, 0.717) is 37.0 Å². The van der Waals surface area contributed by atoms with Crippen LogP contribution in [0.2, 0.25) is 5.02 Å². The first kappa shape index (κ1) is 19.8. The quantitative estimate of drug-likeness (QED) is 0.772. The van der Waals surface area contributed by atoms with E-state index in [-0.39, 0.29) is 16.4 Å². The largest absolute Gasteiger partial charge is 0.490 e. The van der Waals surface area contributed by atoms with Crippen molar-refractivity contribution in [3.63, 3.8) is 0 Å². The molecule has 1 amide bonds. The molecule has 5 nitrogen and oxygen atoms in total. The lowest BCUT2D eigenvalue weighted by Gasteiger charge is -2.13. The van der Waals surface area contributed by atoms with Crippen molar-refractivity contribution in [3.8, 4) is 11.5 Å². The third kappa shape index (κ3) is 4.78. The number of amides is 1. The summed E-state index contributed by atoms with van der Waals surface area (Å²) in [4.78, 5) is 15.9. The zero-order valence-electron chi connectivity index (χ0n) is 14.0. The minimum absolute atomic E-state index is 0.170. The van der Waals surface area contributed by atoms with E-state index in [4.69, 9.17) is 21.1 Å². The Morgan fingerprint density at radius 1 is 1.15 bits per heavy atom. The van der Waals surface area contributed by atoms with Crippen LogP contribution in [0.3, 0.4) is 0 Å². The highest BCUT2D eigenvalue weighted by Crippen LogP contribution is 2.33. The van der Waals surface area contributed by atoms with Gasteiger partial charge in [-0.1, -0.05) is 11.6 Å². The fourth-order valence-electron chi connectivity index (χ4n) is 2.06. The molecule has 1 N–H and O–H groups in total. The van der Waals surface area contributed by atoms with Crippen molar-refractivity contribution >= 4 is 23.3 Å². The molecule has 0 saturated heterocycles. The zero-order valence-corrected chi connectivity index (χ0v) is 14.7. The highest BCUT2D eigenvalue weighted by molar-refractivity contribution is 6.33. The summed E-state index contributed by atoms with van der Waals surface area (Å²) >= 11 is 5.79. The van der Waals surface area contributed by atoms with E-state index in [0.717, 1.165) is 0 Å². The molecular formula is C17H16ClF3N2O3. The number of nitrogens with zero attached hydrogens (tertiary/aromatic N) is 1. The highest BCUT2D eigenvalue weighted by atomic mass is 35.5. The molecule has 140 valence electrons. The number of benzene rings is 1. The molecule has 1 aromatic carbocycles. The molecule has 0 radical (unpaired) electrons. The standard InChI is InChI=1S/C17H16ClF3N2O3/c1-3-25-13-6-5-10(7-14(13)26-4-2)16(24)23-15-12(18)8-11(9-22-15)17(19,20)21/h5-9H,3-4H2,1-2H3,(H,22,23,24). The van der Waals surface area contributed by atoms with Gasteiger partial charge in [0.2, 0.25) is 0 Å². The number of alkyl halides is 3. The number of hydrogen-bond donors (Lipinski definition) is 1. The summed E-state index contributed by atoms with van der Waals surface area (Å²) in [5, 5.41) is 2.06. The summed E-state index contributed by atoms with van der Waals surface area (Å²) in [6.07, 6.45) is -3.97. The Bertz CT molecular complexity index is 797. The van der Waals surface area contributed by atoms with Gasteiger partial charge in [0.1, 0.15) is 0 Å². The molecule has 0 saturated carbocycles. The minimum atomic E-state index is -4.57. The first-order chi connectivity index (χ1) is 12.3. The second kappa shape index (κ2) is 8.27. The number of hydrogen-bond acceptors (Lipinski definition) is 4. The summed E-state index contributed by atoms with van der Waals surface area (Å²) in [5.41, 5.74) is -0.783.